The van der Waals surface area contributed by atoms with Crippen molar-refractivity contribution in [1.29, 1.82) is 0 Å². The van der Waals surface area contributed by atoms with Gasteiger partial charge in [0.05, 0.1) is 4.92 Å². The van der Waals surface area contributed by atoms with Gasteiger partial charge in [0, 0.05) is 41.0 Å². The number of benzene rings is 1. The summed E-state index contributed by atoms with van der Waals surface area (Å²) in [6.45, 7) is 1.67. The lowest BCUT2D eigenvalue weighted by Crippen LogP contribution is -2.28. The van der Waals surface area contributed by atoms with Crippen molar-refractivity contribution in [1.82, 2.24) is 5.32 Å². The number of nitro groups is 1. The molecular weight excluding hydrogens is 275 g/mol. The molecule has 0 heterocycles. The van der Waals surface area contributed by atoms with Crippen LogP contribution in [-0.4, -0.2) is 33.6 Å². The lowest BCUT2D eigenvalue weighted by molar-refractivity contribution is -0.387. The molecule has 0 radical (unpaired) electrons. The molecule has 0 spiro atoms. The molecule has 0 aromatic heterocycles. The van der Waals surface area contributed by atoms with Gasteiger partial charge in [-0.05, 0) is 18.6 Å². The summed E-state index contributed by atoms with van der Waals surface area (Å²) in [6.07, 6.45) is 1.50. The molecule has 0 bridgehead atoms. The molecule has 1 rings (SSSR count). The van der Waals surface area contributed by atoms with Crippen molar-refractivity contribution in [2.24, 2.45) is 0 Å². The van der Waals surface area contributed by atoms with Crippen LogP contribution < -0.4 is 5.32 Å². The third-order valence-electron chi connectivity index (χ3n) is 2.41. The largest absolute Gasteiger partial charge is 0.351 e. The monoisotopic (exact) mass is 288 g/mol. The number of nitro benzene ring substituents is 1. The van der Waals surface area contributed by atoms with Crippen LogP contribution in [0.1, 0.15) is 15.9 Å². The SMILES string of the molecule is Cc1cc(F)c([N+](=O)[O-])cc1C(=O)NCCS(C)=O. The molecule has 1 N–H and O–H groups in total. The van der Waals surface area contributed by atoms with Gasteiger partial charge in [-0.3, -0.25) is 19.1 Å². The first-order chi connectivity index (χ1) is 8.82. The Morgan fingerprint density at radius 3 is 2.68 bits per heavy atom. The van der Waals surface area contributed by atoms with Gasteiger partial charge in [-0.1, -0.05) is 0 Å². The van der Waals surface area contributed by atoms with Crippen LogP contribution in [0.5, 0.6) is 0 Å². The zero-order chi connectivity index (χ0) is 14.6. The van der Waals surface area contributed by atoms with Crippen molar-refractivity contribution in [2.75, 3.05) is 18.6 Å². The van der Waals surface area contributed by atoms with Crippen molar-refractivity contribution >= 4 is 22.4 Å². The van der Waals surface area contributed by atoms with Crippen LogP contribution in [0.25, 0.3) is 0 Å². The fraction of sp³-hybridized carbons (Fsp3) is 0.364. The van der Waals surface area contributed by atoms with E-state index in [4.69, 9.17) is 0 Å². The van der Waals surface area contributed by atoms with E-state index in [9.17, 15) is 23.5 Å². The Morgan fingerprint density at radius 1 is 1.53 bits per heavy atom. The molecule has 0 saturated carbocycles. The summed E-state index contributed by atoms with van der Waals surface area (Å²) in [5, 5.41) is 13.1. The van der Waals surface area contributed by atoms with Crippen molar-refractivity contribution < 1.29 is 18.3 Å². The zero-order valence-corrected chi connectivity index (χ0v) is 11.3. The second-order valence-corrected chi connectivity index (χ2v) is 5.46. The van der Waals surface area contributed by atoms with Crippen LogP contribution in [0.3, 0.4) is 0 Å². The first-order valence-corrected chi connectivity index (χ1v) is 7.08. The number of nitrogens with one attached hydrogen (secondary N) is 1. The number of amides is 1. The number of carbonyl (C=O) groups is 1. The molecule has 1 atom stereocenters. The standard InChI is InChI=1S/C11H13FN2O4S/c1-7-5-9(12)10(14(16)17)6-8(7)11(15)13-3-4-19(2)18/h5-6H,3-4H2,1-2H3,(H,13,15). The summed E-state index contributed by atoms with van der Waals surface area (Å²) < 4.78 is 24.1. The Hall–Kier alpha value is -1.83. The van der Waals surface area contributed by atoms with Gasteiger partial charge in [0.25, 0.3) is 5.91 Å². The molecule has 1 unspecified atom stereocenters. The summed E-state index contributed by atoms with van der Waals surface area (Å²) >= 11 is 0. The Balaban J connectivity index is 2.93. The summed E-state index contributed by atoms with van der Waals surface area (Å²) in [4.78, 5) is 21.5. The molecule has 0 fully saturated rings. The van der Waals surface area contributed by atoms with Crippen molar-refractivity contribution in [2.45, 2.75) is 6.92 Å². The van der Waals surface area contributed by atoms with E-state index in [1.54, 1.807) is 0 Å². The number of hydrogen-bond acceptors (Lipinski definition) is 4. The van der Waals surface area contributed by atoms with Crippen LogP contribution in [-0.2, 0) is 10.8 Å². The number of nitrogens with zero attached hydrogens (tertiary/aromatic N) is 1. The van der Waals surface area contributed by atoms with E-state index < -0.39 is 33.1 Å². The topological polar surface area (TPSA) is 89.3 Å². The highest BCUT2D eigenvalue weighted by Gasteiger charge is 2.20. The molecule has 1 amide bonds. The highest BCUT2D eigenvalue weighted by Crippen LogP contribution is 2.21. The number of aryl methyl sites for hydroxylation is 1. The Bertz CT molecular complexity index is 548. The number of rotatable bonds is 5. The Kier molecular flexibility index (Phi) is 5.11. The molecule has 0 aliphatic carbocycles. The van der Waals surface area contributed by atoms with E-state index in [1.165, 1.54) is 13.2 Å². The first-order valence-electron chi connectivity index (χ1n) is 5.35. The van der Waals surface area contributed by atoms with Gasteiger partial charge in [-0.2, -0.15) is 4.39 Å². The molecule has 6 nitrogen and oxygen atoms in total. The molecule has 0 aliphatic rings. The lowest BCUT2D eigenvalue weighted by atomic mass is 10.1. The van der Waals surface area contributed by atoms with Gasteiger partial charge >= 0.3 is 5.69 Å². The summed E-state index contributed by atoms with van der Waals surface area (Å²) in [7, 11) is -1.04. The maximum Gasteiger partial charge on any atom is 0.305 e. The maximum atomic E-state index is 13.3. The third-order valence-corrected chi connectivity index (χ3v) is 3.19. The van der Waals surface area contributed by atoms with Crippen LogP contribution in [0.4, 0.5) is 10.1 Å². The second kappa shape index (κ2) is 6.37. The minimum absolute atomic E-state index is 0.0370. The van der Waals surface area contributed by atoms with E-state index in [0.717, 1.165) is 12.1 Å². The molecule has 1 aromatic carbocycles. The smallest absolute Gasteiger partial charge is 0.305 e. The molecule has 1 aromatic rings. The maximum absolute atomic E-state index is 13.3. The molecular formula is C11H13FN2O4S. The van der Waals surface area contributed by atoms with Gasteiger partial charge in [0.1, 0.15) is 0 Å². The van der Waals surface area contributed by atoms with Gasteiger partial charge in [-0.25, -0.2) is 0 Å². The van der Waals surface area contributed by atoms with Crippen LogP contribution in [0.15, 0.2) is 12.1 Å². The first kappa shape index (κ1) is 15.2. The number of carbonyl (C=O) groups excluding carboxylic acids is 1. The molecule has 0 aliphatic heterocycles. The number of halogens is 1. The van der Waals surface area contributed by atoms with Gasteiger partial charge in [0.15, 0.2) is 0 Å². The van der Waals surface area contributed by atoms with Gasteiger partial charge in [-0.15, -0.1) is 0 Å². The quantitative estimate of drug-likeness (QED) is 0.650. The Morgan fingerprint density at radius 2 is 2.16 bits per heavy atom. The summed E-state index contributed by atoms with van der Waals surface area (Å²) in [5.41, 5.74) is -0.400. The predicted octanol–water partition coefficient (Wildman–Crippen LogP) is 1.15. The summed E-state index contributed by atoms with van der Waals surface area (Å²) in [5.74, 6) is -1.24. The highest BCUT2D eigenvalue weighted by atomic mass is 32.2. The fourth-order valence-corrected chi connectivity index (χ4v) is 1.84. The number of hydrogen-bond donors (Lipinski definition) is 1. The minimum Gasteiger partial charge on any atom is -0.351 e. The van der Waals surface area contributed by atoms with E-state index in [-0.39, 0.29) is 17.9 Å². The van der Waals surface area contributed by atoms with Gasteiger partial charge < -0.3 is 5.32 Å². The second-order valence-electron chi connectivity index (χ2n) is 3.91. The lowest BCUT2D eigenvalue weighted by Gasteiger charge is -2.07. The van der Waals surface area contributed by atoms with Crippen molar-refractivity contribution in [3.8, 4) is 0 Å². The average Bonchev–Trinajstić information content (AvgIpc) is 2.27. The molecule has 8 heteroatoms. The van der Waals surface area contributed by atoms with E-state index in [0.29, 0.717) is 5.56 Å². The predicted molar refractivity (Wildman–Crippen MR) is 69.1 cm³/mol. The molecule has 104 valence electrons. The van der Waals surface area contributed by atoms with Crippen LogP contribution in [0, 0.1) is 22.9 Å². The normalized spacial score (nSPS) is 11.9. The third kappa shape index (κ3) is 4.09. The van der Waals surface area contributed by atoms with E-state index in [1.807, 2.05) is 0 Å². The van der Waals surface area contributed by atoms with E-state index in [2.05, 4.69) is 5.32 Å². The van der Waals surface area contributed by atoms with Gasteiger partial charge in [0.2, 0.25) is 5.82 Å². The summed E-state index contributed by atoms with van der Waals surface area (Å²) in [6, 6.07) is 1.86. The van der Waals surface area contributed by atoms with Crippen LogP contribution >= 0.6 is 0 Å². The highest BCUT2D eigenvalue weighted by molar-refractivity contribution is 7.84. The molecule has 0 saturated heterocycles. The van der Waals surface area contributed by atoms with Crippen molar-refractivity contribution in [3.63, 3.8) is 0 Å². The fourth-order valence-electron chi connectivity index (χ4n) is 1.45. The Labute approximate surface area is 111 Å². The minimum atomic E-state index is -1.04. The molecule has 19 heavy (non-hydrogen) atoms. The van der Waals surface area contributed by atoms with Crippen LogP contribution in [0.2, 0.25) is 0 Å². The van der Waals surface area contributed by atoms with E-state index >= 15 is 0 Å². The van der Waals surface area contributed by atoms with Crippen molar-refractivity contribution in [3.05, 3.63) is 39.2 Å². The zero-order valence-electron chi connectivity index (χ0n) is 10.4. The average molecular weight is 288 g/mol.